The molecule has 1 atom stereocenters. The lowest BCUT2D eigenvalue weighted by molar-refractivity contribution is 0.556. The molecule has 4 aromatic carbocycles. The van der Waals surface area contributed by atoms with E-state index in [2.05, 4.69) is 9.50 Å². The van der Waals surface area contributed by atoms with Crippen molar-refractivity contribution in [2.45, 2.75) is 17.4 Å². The third-order valence-corrected chi connectivity index (χ3v) is 10.7. The van der Waals surface area contributed by atoms with E-state index in [9.17, 15) is 8.42 Å². The summed E-state index contributed by atoms with van der Waals surface area (Å²) in [7, 11) is -4.09. The summed E-state index contributed by atoms with van der Waals surface area (Å²) in [5, 5.41) is 13.9. The third kappa shape index (κ3) is 6.15. The predicted molar refractivity (Wildman–Crippen MR) is 192 cm³/mol. The number of nitrogens with zero attached hydrogens (tertiary/aromatic N) is 6. The molecule has 9 nitrogen and oxygen atoms in total. The summed E-state index contributed by atoms with van der Waals surface area (Å²) >= 11 is 7.43. The molecule has 0 aliphatic carbocycles. The summed E-state index contributed by atoms with van der Waals surface area (Å²) in [6, 6.07) is 37.0. The highest BCUT2D eigenvalue weighted by Crippen LogP contribution is 2.37. The van der Waals surface area contributed by atoms with Crippen LogP contribution in [0.25, 0.3) is 22.6 Å². The number of thiazole rings is 1. The van der Waals surface area contributed by atoms with Gasteiger partial charge in [0.2, 0.25) is 4.80 Å². The van der Waals surface area contributed by atoms with Gasteiger partial charge in [0.25, 0.3) is 10.0 Å². The van der Waals surface area contributed by atoms with Gasteiger partial charge in [-0.2, -0.15) is 18.6 Å². The minimum absolute atomic E-state index is 0.0662. The van der Waals surface area contributed by atoms with E-state index in [0.717, 1.165) is 39.6 Å². The Bertz CT molecular complexity index is 2440. The van der Waals surface area contributed by atoms with E-state index in [4.69, 9.17) is 21.1 Å². The quantitative estimate of drug-likeness (QED) is 0.159. The normalized spacial score (nSPS) is 15.1. The first-order chi connectivity index (χ1) is 23.9. The number of furan rings is 1. The van der Waals surface area contributed by atoms with Gasteiger partial charge in [-0.3, -0.25) is 9.58 Å². The number of benzene rings is 4. The number of hydrogen-bond acceptors (Lipinski definition) is 7. The fourth-order valence-electron chi connectivity index (χ4n) is 5.78. The summed E-state index contributed by atoms with van der Waals surface area (Å²) in [6.07, 6.45) is 6.03. The maximum Gasteiger partial charge on any atom is 0.285 e. The Balaban J connectivity index is 1.15. The number of aromatic nitrogens is 3. The van der Waals surface area contributed by atoms with E-state index < -0.39 is 10.0 Å². The molecule has 49 heavy (non-hydrogen) atoms. The monoisotopic (exact) mass is 702 g/mol. The number of hydrogen-bond donors (Lipinski definition) is 0. The Labute approximate surface area is 291 Å². The smallest absolute Gasteiger partial charge is 0.285 e. The second-order valence-corrected chi connectivity index (χ2v) is 14.2. The van der Waals surface area contributed by atoms with Crippen molar-refractivity contribution in [3.63, 3.8) is 0 Å². The van der Waals surface area contributed by atoms with Gasteiger partial charge in [0.15, 0.2) is 0 Å². The standard InChI is InChI=1S/C37H27ClN6O3S2/c38-28-13-15-30(16-14-28)43-35(26-8-3-1-4-9-26)25-48-37(43)41-49(45,46)32-19-17-31(18-20-32)44-34(22-33(40-44)36-12-7-21-47-36)27-23-39-42(24-27)29-10-5-2-6-11-29/h1-21,23-25,34H,22H2/b41-37+. The van der Waals surface area contributed by atoms with Crippen LogP contribution in [0.2, 0.25) is 5.02 Å². The summed E-state index contributed by atoms with van der Waals surface area (Å²) < 4.78 is 41.3. The van der Waals surface area contributed by atoms with Gasteiger partial charge in [-0.1, -0.05) is 60.1 Å². The topological polar surface area (TPSA) is 98.0 Å². The van der Waals surface area contributed by atoms with Crippen molar-refractivity contribution in [1.29, 1.82) is 0 Å². The fourth-order valence-corrected chi connectivity index (χ4v) is 8.01. The summed E-state index contributed by atoms with van der Waals surface area (Å²) in [6.45, 7) is 0. The number of rotatable bonds is 8. The van der Waals surface area contributed by atoms with Crippen molar-refractivity contribution >= 4 is 44.4 Å². The molecule has 0 saturated carbocycles. The zero-order valence-electron chi connectivity index (χ0n) is 25.7. The van der Waals surface area contributed by atoms with Gasteiger partial charge < -0.3 is 4.42 Å². The molecule has 0 saturated heterocycles. The summed E-state index contributed by atoms with van der Waals surface area (Å²) in [5.74, 6) is 0.681. The first-order valence-corrected chi connectivity index (χ1v) is 18.1. The highest BCUT2D eigenvalue weighted by Gasteiger charge is 2.32. The Morgan fingerprint density at radius 1 is 0.816 bits per heavy atom. The summed E-state index contributed by atoms with van der Waals surface area (Å²) in [4.78, 5) is 0.379. The number of halogens is 1. The molecule has 1 aliphatic heterocycles. The Morgan fingerprint density at radius 3 is 2.24 bits per heavy atom. The van der Waals surface area contributed by atoms with E-state index in [1.54, 1.807) is 42.7 Å². The number of para-hydroxylation sites is 1. The molecular weight excluding hydrogens is 676 g/mol. The van der Waals surface area contributed by atoms with Crippen molar-refractivity contribution in [1.82, 2.24) is 14.3 Å². The average molecular weight is 703 g/mol. The average Bonchev–Trinajstić information content (AvgIpc) is 3.96. The highest BCUT2D eigenvalue weighted by molar-refractivity contribution is 7.90. The lowest BCUT2D eigenvalue weighted by atomic mass is 10.0. The number of hydrazone groups is 1. The molecule has 12 heteroatoms. The Hall–Kier alpha value is -5.49. The second kappa shape index (κ2) is 12.8. The Morgan fingerprint density at radius 2 is 1.53 bits per heavy atom. The van der Waals surface area contributed by atoms with Crippen LogP contribution in [-0.2, 0) is 10.0 Å². The SMILES string of the molecule is O=S(=O)(/N=c1/scc(-c2ccccc2)n1-c1ccc(Cl)cc1)c1ccc(N2N=C(c3ccco3)CC2c2cnn(-c3ccccc3)c2)cc1. The fraction of sp³-hybridized carbons (Fsp3) is 0.0541. The van der Waals surface area contributed by atoms with Crippen LogP contribution in [0.4, 0.5) is 5.69 Å². The zero-order chi connectivity index (χ0) is 33.4. The molecule has 0 radical (unpaired) electrons. The molecule has 0 N–H and O–H groups in total. The molecular formula is C37H27ClN6O3S2. The molecule has 0 amide bonds. The van der Waals surface area contributed by atoms with Crippen LogP contribution in [0.1, 0.15) is 23.8 Å². The van der Waals surface area contributed by atoms with Gasteiger partial charge in [-0.05, 0) is 78.4 Å². The Kier molecular flexibility index (Phi) is 8.08. The van der Waals surface area contributed by atoms with Crippen LogP contribution < -0.4 is 9.81 Å². The van der Waals surface area contributed by atoms with E-state index in [1.165, 1.54) is 11.3 Å². The number of sulfonamides is 1. The van der Waals surface area contributed by atoms with Crippen molar-refractivity contribution in [2.24, 2.45) is 9.50 Å². The predicted octanol–water partition coefficient (Wildman–Crippen LogP) is 8.28. The van der Waals surface area contributed by atoms with Crippen molar-refractivity contribution in [3.8, 4) is 22.6 Å². The van der Waals surface area contributed by atoms with Crippen LogP contribution in [-0.4, -0.2) is 28.5 Å². The van der Waals surface area contributed by atoms with Crippen molar-refractivity contribution < 1.29 is 12.8 Å². The maximum absolute atomic E-state index is 13.8. The van der Waals surface area contributed by atoms with Crippen molar-refractivity contribution in [2.75, 3.05) is 5.01 Å². The van der Waals surface area contributed by atoms with Gasteiger partial charge in [0.05, 0.1) is 40.5 Å². The van der Waals surface area contributed by atoms with Gasteiger partial charge in [0, 0.05) is 34.3 Å². The van der Waals surface area contributed by atoms with Crippen LogP contribution >= 0.6 is 22.9 Å². The van der Waals surface area contributed by atoms with Crippen LogP contribution in [0.15, 0.2) is 164 Å². The molecule has 8 rings (SSSR count). The van der Waals surface area contributed by atoms with E-state index in [-0.39, 0.29) is 10.9 Å². The molecule has 0 fully saturated rings. The summed E-state index contributed by atoms with van der Waals surface area (Å²) in [5.41, 5.74) is 5.90. The van der Waals surface area contributed by atoms with Crippen LogP contribution in [0.5, 0.6) is 0 Å². The first kappa shape index (κ1) is 30.8. The molecule has 1 unspecified atom stereocenters. The molecule has 4 heterocycles. The highest BCUT2D eigenvalue weighted by atomic mass is 35.5. The second-order valence-electron chi connectivity index (χ2n) is 11.3. The van der Waals surface area contributed by atoms with Gasteiger partial charge in [-0.15, -0.1) is 15.7 Å². The third-order valence-electron chi connectivity index (χ3n) is 8.18. The molecule has 3 aromatic heterocycles. The molecule has 242 valence electrons. The number of anilines is 1. The lowest BCUT2D eigenvalue weighted by Gasteiger charge is -2.22. The first-order valence-electron chi connectivity index (χ1n) is 15.4. The molecule has 0 spiro atoms. The van der Waals surface area contributed by atoms with E-state index in [1.807, 2.05) is 117 Å². The maximum atomic E-state index is 13.8. The molecule has 0 bridgehead atoms. The zero-order valence-corrected chi connectivity index (χ0v) is 28.1. The molecule has 1 aliphatic rings. The largest absolute Gasteiger partial charge is 0.463 e. The van der Waals surface area contributed by atoms with Crippen LogP contribution in [0, 0.1) is 0 Å². The molecule has 7 aromatic rings. The van der Waals surface area contributed by atoms with Crippen molar-refractivity contribution in [3.05, 3.63) is 167 Å². The minimum Gasteiger partial charge on any atom is -0.463 e. The van der Waals surface area contributed by atoms with Gasteiger partial charge in [0.1, 0.15) is 11.5 Å². The minimum atomic E-state index is -4.09. The van der Waals surface area contributed by atoms with E-state index in [0.29, 0.717) is 22.0 Å². The van der Waals surface area contributed by atoms with Gasteiger partial charge in [-0.25, -0.2) is 4.68 Å². The van der Waals surface area contributed by atoms with Crippen LogP contribution in [0.3, 0.4) is 0 Å². The van der Waals surface area contributed by atoms with Gasteiger partial charge >= 0.3 is 0 Å². The van der Waals surface area contributed by atoms with E-state index >= 15 is 0 Å². The lowest BCUT2D eigenvalue weighted by Crippen LogP contribution is -2.18.